The molecule has 0 saturated carbocycles. The fraction of sp³-hybridized carbons (Fsp3) is 0.444. The van der Waals surface area contributed by atoms with Crippen molar-refractivity contribution in [2.24, 2.45) is 0 Å². The summed E-state index contributed by atoms with van der Waals surface area (Å²) in [5.74, 6) is 1.76. The van der Waals surface area contributed by atoms with E-state index in [1.807, 2.05) is 18.1 Å². The number of carbonyl (C=O) groups excluding carboxylic acids is 1. The number of piperidine rings is 1. The number of anilines is 1. The highest BCUT2D eigenvalue weighted by Gasteiger charge is 2.27. The van der Waals surface area contributed by atoms with Gasteiger partial charge in [-0.25, -0.2) is 14.8 Å². The maximum atomic E-state index is 12.2. The van der Waals surface area contributed by atoms with Crippen molar-refractivity contribution in [1.29, 1.82) is 0 Å². The van der Waals surface area contributed by atoms with Crippen LogP contribution in [0.3, 0.4) is 0 Å². The molecule has 0 radical (unpaired) electrons. The normalized spacial score (nSPS) is 19.0. The molecule has 2 aliphatic rings. The van der Waals surface area contributed by atoms with Gasteiger partial charge in [0.05, 0.1) is 23.4 Å². The van der Waals surface area contributed by atoms with E-state index in [2.05, 4.69) is 50.4 Å². The standard InChI is InChI=1S/C27H33N7O2S/c1-28-27(35)32(2)18-5-4-10-33(16-18)17-19-15-23-24(37-19)26(34-11-13-36-14-12-34)31-25(30-23)21-6-3-7-22-20(21)8-9-29-22/h3,6-9,15,18,29H,4-5,10-14,16-17H2,1-2H3,(H,28,35). The van der Waals surface area contributed by atoms with Crippen LogP contribution in [0.1, 0.15) is 17.7 Å². The monoisotopic (exact) mass is 519 g/mol. The van der Waals surface area contributed by atoms with Gasteiger partial charge in [0, 0.05) is 73.9 Å². The summed E-state index contributed by atoms with van der Waals surface area (Å²) in [4.78, 5) is 33.6. The van der Waals surface area contributed by atoms with E-state index in [1.165, 1.54) is 4.88 Å². The Morgan fingerprint density at radius 2 is 2.11 bits per heavy atom. The number of hydrogen-bond donors (Lipinski definition) is 2. The summed E-state index contributed by atoms with van der Waals surface area (Å²) in [5.41, 5.74) is 3.12. The van der Waals surface area contributed by atoms with Crippen molar-refractivity contribution < 1.29 is 9.53 Å². The number of carbonyl (C=O) groups is 1. The number of urea groups is 1. The first-order chi connectivity index (χ1) is 18.1. The number of likely N-dealkylation sites (N-methyl/N-ethyl adjacent to an activating group) is 1. The molecule has 2 aliphatic heterocycles. The Hall–Kier alpha value is -3.21. The number of nitrogens with zero attached hydrogens (tertiary/aromatic N) is 5. The van der Waals surface area contributed by atoms with Gasteiger partial charge in [0.2, 0.25) is 0 Å². The fourth-order valence-corrected chi connectivity index (χ4v) is 6.64. The van der Waals surface area contributed by atoms with E-state index in [-0.39, 0.29) is 12.1 Å². The van der Waals surface area contributed by atoms with Crippen molar-refractivity contribution >= 4 is 44.3 Å². The first-order valence-corrected chi connectivity index (χ1v) is 13.8. The SMILES string of the molecule is CNC(=O)N(C)C1CCCN(Cc2cc3nc(-c4cccc5[nH]ccc45)nc(N4CCOCC4)c3s2)C1. The zero-order chi connectivity index (χ0) is 25.4. The third-order valence-electron chi connectivity index (χ3n) is 7.49. The topological polar surface area (TPSA) is 89.6 Å². The lowest BCUT2D eigenvalue weighted by molar-refractivity contribution is 0.122. The molecule has 1 aromatic carbocycles. The molecule has 3 aromatic heterocycles. The fourth-order valence-electron chi connectivity index (χ4n) is 5.49. The van der Waals surface area contributed by atoms with Crippen LogP contribution in [0, 0.1) is 0 Å². The number of thiophene rings is 1. The lowest BCUT2D eigenvalue weighted by Crippen LogP contribution is -2.50. The van der Waals surface area contributed by atoms with Crippen molar-refractivity contribution in [2.45, 2.75) is 25.4 Å². The molecule has 9 nitrogen and oxygen atoms in total. The van der Waals surface area contributed by atoms with Crippen LogP contribution in [0.5, 0.6) is 0 Å². The van der Waals surface area contributed by atoms with Gasteiger partial charge in [-0.15, -0.1) is 11.3 Å². The second-order valence-electron chi connectivity index (χ2n) is 9.84. The molecule has 1 atom stereocenters. The zero-order valence-corrected chi connectivity index (χ0v) is 22.2. The molecule has 10 heteroatoms. The van der Waals surface area contributed by atoms with Gasteiger partial charge in [-0.2, -0.15) is 0 Å². The molecule has 0 bridgehead atoms. The van der Waals surface area contributed by atoms with Crippen molar-refractivity contribution in [3.8, 4) is 11.4 Å². The molecule has 1 unspecified atom stereocenters. The number of rotatable bonds is 5. The average molecular weight is 520 g/mol. The second kappa shape index (κ2) is 10.3. The third-order valence-corrected chi connectivity index (χ3v) is 8.60. The molecular formula is C27H33N7O2S. The minimum Gasteiger partial charge on any atom is -0.378 e. The molecule has 5 heterocycles. The molecule has 37 heavy (non-hydrogen) atoms. The van der Waals surface area contributed by atoms with Crippen LogP contribution in [-0.2, 0) is 11.3 Å². The molecule has 2 saturated heterocycles. The minimum atomic E-state index is -0.0240. The lowest BCUT2D eigenvalue weighted by Gasteiger charge is -2.37. The summed E-state index contributed by atoms with van der Waals surface area (Å²) in [6, 6.07) is 10.8. The number of nitrogens with one attached hydrogen (secondary N) is 2. The number of hydrogen-bond acceptors (Lipinski definition) is 7. The van der Waals surface area contributed by atoms with E-state index in [0.29, 0.717) is 13.2 Å². The van der Waals surface area contributed by atoms with Crippen molar-refractivity contribution in [3.05, 3.63) is 41.4 Å². The third kappa shape index (κ3) is 4.76. The largest absolute Gasteiger partial charge is 0.378 e. The molecule has 194 valence electrons. The second-order valence-corrected chi connectivity index (χ2v) is 11.0. The lowest BCUT2D eigenvalue weighted by atomic mass is 10.0. The number of ether oxygens (including phenoxy) is 1. The van der Waals surface area contributed by atoms with Crippen LogP contribution in [0.4, 0.5) is 10.6 Å². The van der Waals surface area contributed by atoms with Gasteiger partial charge < -0.3 is 24.8 Å². The van der Waals surface area contributed by atoms with E-state index in [1.54, 1.807) is 18.4 Å². The van der Waals surface area contributed by atoms with E-state index in [0.717, 1.165) is 83.9 Å². The van der Waals surface area contributed by atoms with Gasteiger partial charge in [-0.3, -0.25) is 4.90 Å². The summed E-state index contributed by atoms with van der Waals surface area (Å²) >= 11 is 1.79. The summed E-state index contributed by atoms with van der Waals surface area (Å²) in [5, 5.41) is 3.88. The van der Waals surface area contributed by atoms with Gasteiger partial charge in [0.15, 0.2) is 11.6 Å². The molecule has 0 aliphatic carbocycles. The Balaban J connectivity index is 1.34. The maximum Gasteiger partial charge on any atom is 0.317 e. The van der Waals surface area contributed by atoms with Crippen molar-refractivity contribution in [2.75, 3.05) is 58.4 Å². The zero-order valence-electron chi connectivity index (χ0n) is 21.4. The quantitative estimate of drug-likeness (QED) is 0.416. The number of aromatic amines is 1. The maximum absolute atomic E-state index is 12.2. The molecule has 2 fully saturated rings. The Morgan fingerprint density at radius 3 is 2.95 bits per heavy atom. The average Bonchev–Trinajstić information content (AvgIpc) is 3.59. The molecule has 4 aromatic rings. The predicted molar refractivity (Wildman–Crippen MR) is 148 cm³/mol. The number of benzene rings is 1. The van der Waals surface area contributed by atoms with Crippen molar-refractivity contribution in [1.82, 2.24) is 30.1 Å². The van der Waals surface area contributed by atoms with Crippen LogP contribution in [0.15, 0.2) is 36.5 Å². The Labute approximate surface area is 220 Å². The Morgan fingerprint density at radius 1 is 1.24 bits per heavy atom. The Kier molecular flexibility index (Phi) is 6.71. The first kappa shape index (κ1) is 24.1. The van der Waals surface area contributed by atoms with Crippen LogP contribution in [0.25, 0.3) is 32.5 Å². The number of likely N-dealkylation sites (tertiary alicyclic amines) is 1. The number of amides is 2. The molecule has 2 amide bonds. The van der Waals surface area contributed by atoms with Crippen LogP contribution >= 0.6 is 11.3 Å². The number of H-pyrrole nitrogens is 1. The van der Waals surface area contributed by atoms with E-state index in [4.69, 9.17) is 14.7 Å². The number of fused-ring (bicyclic) bond motifs is 2. The van der Waals surface area contributed by atoms with Gasteiger partial charge in [-0.05, 0) is 37.6 Å². The van der Waals surface area contributed by atoms with Crippen LogP contribution in [-0.4, -0.2) is 90.3 Å². The van der Waals surface area contributed by atoms with Crippen molar-refractivity contribution in [3.63, 3.8) is 0 Å². The molecule has 6 rings (SSSR count). The van der Waals surface area contributed by atoms with E-state index >= 15 is 0 Å². The highest BCUT2D eigenvalue weighted by atomic mass is 32.1. The highest BCUT2D eigenvalue weighted by Crippen LogP contribution is 2.36. The van der Waals surface area contributed by atoms with Gasteiger partial charge in [0.1, 0.15) is 0 Å². The Bertz CT molecular complexity index is 1410. The summed E-state index contributed by atoms with van der Waals surface area (Å²) in [6.45, 7) is 5.83. The van der Waals surface area contributed by atoms with Gasteiger partial charge in [0.25, 0.3) is 0 Å². The van der Waals surface area contributed by atoms with Gasteiger partial charge >= 0.3 is 6.03 Å². The highest BCUT2D eigenvalue weighted by molar-refractivity contribution is 7.19. The van der Waals surface area contributed by atoms with E-state index < -0.39 is 0 Å². The van der Waals surface area contributed by atoms with Gasteiger partial charge in [-0.1, -0.05) is 12.1 Å². The summed E-state index contributed by atoms with van der Waals surface area (Å²) < 4.78 is 6.77. The van der Waals surface area contributed by atoms with Crippen LogP contribution in [0.2, 0.25) is 0 Å². The summed E-state index contributed by atoms with van der Waals surface area (Å²) in [6.07, 6.45) is 4.08. The first-order valence-electron chi connectivity index (χ1n) is 13.0. The predicted octanol–water partition coefficient (Wildman–Crippen LogP) is 3.91. The number of aromatic nitrogens is 3. The smallest absolute Gasteiger partial charge is 0.317 e. The van der Waals surface area contributed by atoms with Crippen LogP contribution < -0.4 is 10.2 Å². The molecule has 2 N–H and O–H groups in total. The number of morpholine rings is 1. The molecule has 0 spiro atoms. The summed E-state index contributed by atoms with van der Waals surface area (Å²) in [7, 11) is 3.58. The van der Waals surface area contributed by atoms with E-state index in [9.17, 15) is 4.79 Å². The minimum absolute atomic E-state index is 0.0240. The molecular weight excluding hydrogens is 486 g/mol.